The van der Waals surface area contributed by atoms with Crippen molar-refractivity contribution in [2.45, 2.75) is 4.90 Å². The number of carbonyl (C=O) groups excluding carboxylic acids is 1. The number of hydrogen-bond acceptors (Lipinski definition) is 6. The third-order valence-electron chi connectivity index (χ3n) is 3.93. The van der Waals surface area contributed by atoms with Crippen LogP contribution in [0.5, 0.6) is 11.5 Å². The van der Waals surface area contributed by atoms with Gasteiger partial charge in [-0.15, -0.1) is 0 Å². The molecular weight excluding hydrogens is 396 g/mol. The van der Waals surface area contributed by atoms with E-state index in [0.29, 0.717) is 11.3 Å². The van der Waals surface area contributed by atoms with Crippen molar-refractivity contribution in [3.63, 3.8) is 0 Å². The fraction of sp³-hybridized carbons (Fsp3) is 0.0500. The number of anilines is 1. The molecule has 8 nitrogen and oxygen atoms in total. The first-order chi connectivity index (χ1) is 13.7. The Morgan fingerprint density at radius 1 is 1.00 bits per heavy atom. The van der Waals surface area contributed by atoms with Crippen LogP contribution in [0.25, 0.3) is 0 Å². The highest BCUT2D eigenvalue weighted by atomic mass is 32.2. The number of rotatable bonds is 6. The van der Waals surface area contributed by atoms with E-state index in [1.165, 1.54) is 24.3 Å². The molecule has 3 aromatic rings. The molecule has 3 rings (SSSR count). The molecule has 3 aromatic carbocycles. The first kappa shape index (κ1) is 20.0. The molecule has 1 N–H and O–H groups in total. The molecule has 0 spiro atoms. The summed E-state index contributed by atoms with van der Waals surface area (Å²) >= 11 is 0. The van der Waals surface area contributed by atoms with Gasteiger partial charge in [-0.2, -0.15) is 0 Å². The molecule has 0 bridgehead atoms. The predicted molar refractivity (Wildman–Crippen MR) is 107 cm³/mol. The number of nitrogens with one attached hydrogen (secondary N) is 1. The van der Waals surface area contributed by atoms with Gasteiger partial charge >= 0.3 is 5.69 Å². The van der Waals surface area contributed by atoms with Gasteiger partial charge in [0.25, 0.3) is 5.91 Å². The Morgan fingerprint density at radius 2 is 1.66 bits per heavy atom. The van der Waals surface area contributed by atoms with E-state index in [4.69, 9.17) is 4.74 Å². The van der Waals surface area contributed by atoms with Crippen LogP contribution < -0.4 is 10.1 Å². The molecule has 0 unspecified atom stereocenters. The second-order valence-corrected chi connectivity index (χ2v) is 8.12. The highest BCUT2D eigenvalue weighted by Gasteiger charge is 2.20. The molecule has 148 valence electrons. The summed E-state index contributed by atoms with van der Waals surface area (Å²) in [5, 5.41) is 14.0. The average molecular weight is 412 g/mol. The minimum atomic E-state index is -3.59. The van der Waals surface area contributed by atoms with E-state index in [-0.39, 0.29) is 22.3 Å². The summed E-state index contributed by atoms with van der Waals surface area (Å²) in [6, 6.07) is 18.4. The summed E-state index contributed by atoms with van der Waals surface area (Å²) < 4.78 is 28.7. The molecule has 29 heavy (non-hydrogen) atoms. The number of benzene rings is 3. The van der Waals surface area contributed by atoms with Gasteiger partial charge in [0.1, 0.15) is 5.75 Å². The van der Waals surface area contributed by atoms with Crippen molar-refractivity contribution in [3.05, 3.63) is 88.5 Å². The molecule has 0 aliphatic heterocycles. The highest BCUT2D eigenvalue weighted by Crippen LogP contribution is 2.33. The topological polar surface area (TPSA) is 116 Å². The zero-order valence-corrected chi connectivity index (χ0v) is 16.0. The summed E-state index contributed by atoms with van der Waals surface area (Å²) in [5.74, 6) is -0.0762. The van der Waals surface area contributed by atoms with Crippen LogP contribution in [0.4, 0.5) is 11.4 Å². The maximum atomic E-state index is 12.2. The van der Waals surface area contributed by atoms with Gasteiger partial charge in [-0.1, -0.05) is 18.2 Å². The number of nitro benzene ring substituents is 1. The van der Waals surface area contributed by atoms with Crippen molar-refractivity contribution >= 4 is 27.1 Å². The lowest BCUT2D eigenvalue weighted by atomic mass is 10.2. The van der Waals surface area contributed by atoms with Crippen LogP contribution in [0.15, 0.2) is 77.7 Å². The largest absolute Gasteiger partial charge is 0.450 e. The third-order valence-corrected chi connectivity index (χ3v) is 5.04. The lowest BCUT2D eigenvalue weighted by Gasteiger charge is -2.09. The number of hydrogen-bond donors (Lipinski definition) is 1. The van der Waals surface area contributed by atoms with Crippen LogP contribution in [0.1, 0.15) is 10.4 Å². The number of carbonyl (C=O) groups is 1. The van der Waals surface area contributed by atoms with Gasteiger partial charge in [-0.25, -0.2) is 8.42 Å². The first-order valence-electron chi connectivity index (χ1n) is 8.37. The van der Waals surface area contributed by atoms with E-state index in [1.54, 1.807) is 36.4 Å². The normalized spacial score (nSPS) is 10.9. The van der Waals surface area contributed by atoms with Crippen LogP contribution >= 0.6 is 0 Å². The molecule has 0 fully saturated rings. The summed E-state index contributed by atoms with van der Waals surface area (Å²) in [6.45, 7) is 0. The summed E-state index contributed by atoms with van der Waals surface area (Å²) in [5.41, 5.74) is 0.567. The second kappa shape index (κ2) is 8.11. The lowest BCUT2D eigenvalue weighted by Crippen LogP contribution is -2.11. The molecule has 0 radical (unpaired) electrons. The van der Waals surface area contributed by atoms with Gasteiger partial charge in [-0.05, 0) is 48.5 Å². The molecule has 0 heterocycles. The van der Waals surface area contributed by atoms with E-state index in [1.807, 2.05) is 6.07 Å². The fourth-order valence-corrected chi connectivity index (χ4v) is 3.12. The molecule has 0 aliphatic rings. The Kier molecular flexibility index (Phi) is 5.60. The summed E-state index contributed by atoms with van der Waals surface area (Å²) in [4.78, 5) is 22.6. The predicted octanol–water partition coefficient (Wildman–Crippen LogP) is 4.04. The van der Waals surface area contributed by atoms with Gasteiger partial charge in [0, 0.05) is 23.6 Å². The average Bonchev–Trinajstić information content (AvgIpc) is 2.69. The van der Waals surface area contributed by atoms with Crippen LogP contribution in [0.2, 0.25) is 0 Å². The van der Waals surface area contributed by atoms with Crippen LogP contribution in [0, 0.1) is 10.1 Å². The van der Waals surface area contributed by atoms with Gasteiger partial charge in [0.15, 0.2) is 9.84 Å². The number of ether oxygens (including phenoxy) is 1. The van der Waals surface area contributed by atoms with E-state index in [0.717, 1.165) is 12.3 Å². The maximum Gasteiger partial charge on any atom is 0.312 e. The Bertz CT molecular complexity index is 1160. The number of nitrogens with zero attached hydrogens (tertiary/aromatic N) is 1. The molecule has 0 atom stereocenters. The van der Waals surface area contributed by atoms with Crippen molar-refractivity contribution in [2.24, 2.45) is 0 Å². The van der Waals surface area contributed by atoms with Crippen molar-refractivity contribution in [1.82, 2.24) is 0 Å². The Hall–Kier alpha value is -3.72. The zero-order valence-electron chi connectivity index (χ0n) is 15.2. The quantitative estimate of drug-likeness (QED) is 0.482. The van der Waals surface area contributed by atoms with Crippen molar-refractivity contribution in [2.75, 3.05) is 11.6 Å². The molecule has 0 saturated heterocycles. The Balaban J connectivity index is 1.78. The molecule has 0 aliphatic carbocycles. The van der Waals surface area contributed by atoms with Crippen LogP contribution in [-0.2, 0) is 9.84 Å². The molecule has 0 aromatic heterocycles. The Morgan fingerprint density at radius 3 is 2.24 bits per heavy atom. The first-order valence-corrected chi connectivity index (χ1v) is 10.3. The standard InChI is InChI=1S/C20H16N2O6S/c1-29(26,27)17-11-12-19(18(13-17)22(24)25)28-16-9-7-15(8-10-16)21-20(23)14-5-3-2-4-6-14/h2-13H,1H3,(H,21,23). The highest BCUT2D eigenvalue weighted by molar-refractivity contribution is 7.90. The van der Waals surface area contributed by atoms with Crippen LogP contribution in [0.3, 0.4) is 0 Å². The minimum Gasteiger partial charge on any atom is -0.450 e. The van der Waals surface area contributed by atoms with Crippen molar-refractivity contribution in [1.29, 1.82) is 0 Å². The zero-order chi connectivity index (χ0) is 21.0. The summed E-state index contributed by atoms with van der Waals surface area (Å²) in [6.07, 6.45) is 0.967. The molecule has 0 saturated carbocycles. The molecule has 1 amide bonds. The maximum absolute atomic E-state index is 12.2. The van der Waals surface area contributed by atoms with Gasteiger partial charge in [-0.3, -0.25) is 14.9 Å². The number of sulfone groups is 1. The van der Waals surface area contributed by atoms with E-state index < -0.39 is 20.4 Å². The van der Waals surface area contributed by atoms with E-state index in [2.05, 4.69) is 5.32 Å². The number of amides is 1. The summed E-state index contributed by atoms with van der Waals surface area (Å²) in [7, 11) is -3.59. The van der Waals surface area contributed by atoms with E-state index >= 15 is 0 Å². The lowest BCUT2D eigenvalue weighted by molar-refractivity contribution is -0.385. The fourth-order valence-electron chi connectivity index (χ4n) is 2.48. The monoisotopic (exact) mass is 412 g/mol. The third kappa shape index (κ3) is 4.96. The Labute approximate surface area is 166 Å². The van der Waals surface area contributed by atoms with Crippen molar-refractivity contribution in [3.8, 4) is 11.5 Å². The van der Waals surface area contributed by atoms with Crippen LogP contribution in [-0.4, -0.2) is 25.5 Å². The van der Waals surface area contributed by atoms with Gasteiger partial charge < -0.3 is 10.1 Å². The smallest absolute Gasteiger partial charge is 0.312 e. The minimum absolute atomic E-state index is 0.0940. The second-order valence-electron chi connectivity index (χ2n) is 6.11. The number of nitro groups is 1. The molecule has 9 heteroatoms. The molecular formula is C20H16N2O6S. The van der Waals surface area contributed by atoms with E-state index in [9.17, 15) is 23.3 Å². The van der Waals surface area contributed by atoms with Gasteiger partial charge in [0.05, 0.1) is 9.82 Å². The SMILES string of the molecule is CS(=O)(=O)c1ccc(Oc2ccc(NC(=O)c3ccccc3)cc2)c([N+](=O)[O-])c1. The van der Waals surface area contributed by atoms with Gasteiger partial charge in [0.2, 0.25) is 5.75 Å². The van der Waals surface area contributed by atoms with Crippen molar-refractivity contribution < 1.29 is 22.9 Å².